The van der Waals surface area contributed by atoms with E-state index in [9.17, 15) is 92.8 Å². The van der Waals surface area contributed by atoms with E-state index in [0.29, 0.717) is 28.9 Å². The Balaban J connectivity index is 0.000000664. The van der Waals surface area contributed by atoms with Crippen molar-refractivity contribution in [3.8, 4) is 5.75 Å². The monoisotopic (exact) mass is 1520 g/mol. The van der Waals surface area contributed by atoms with Gasteiger partial charge in [-0.05, 0) is 108 Å². The van der Waals surface area contributed by atoms with Crippen LogP contribution in [0.15, 0.2) is 131 Å². The van der Waals surface area contributed by atoms with Crippen molar-refractivity contribution < 1.29 is 112 Å². The number of benzene rings is 5. The summed E-state index contributed by atoms with van der Waals surface area (Å²) in [5.74, 6) is -5.18. The van der Waals surface area contributed by atoms with Crippen LogP contribution in [0.2, 0.25) is 0 Å². The first-order chi connectivity index (χ1) is 48.6. The first-order valence-corrected chi connectivity index (χ1v) is 35.3. The summed E-state index contributed by atoms with van der Waals surface area (Å²) in [6, 6.07) is 28.9. The van der Waals surface area contributed by atoms with Crippen LogP contribution >= 0.6 is 0 Å². The third kappa shape index (κ3) is 41.3. The number of nitrogens with two attached hydrogens (primary N) is 3. The van der Waals surface area contributed by atoms with Crippen molar-refractivity contribution in [2.45, 2.75) is 35.5 Å². The Morgan fingerprint density at radius 1 is 0.427 bits per heavy atom. The number of Topliss-reactive ketones (excluding diaryl/α,β-unsaturated/α-hetero) is 2. The maximum Gasteiger partial charge on any atom is 0.373 e. The molecule has 0 aliphatic carbocycles. The molecule has 5 aromatic rings. The van der Waals surface area contributed by atoms with E-state index in [-0.39, 0.29) is 168 Å². The van der Waals surface area contributed by atoms with E-state index in [2.05, 4.69) is 36.0 Å². The highest BCUT2D eigenvalue weighted by Gasteiger charge is 2.23. The topological polar surface area (TPSA) is 606 Å². The molecule has 0 bridgehead atoms. The Morgan fingerprint density at radius 2 is 0.728 bits per heavy atom. The molecule has 5 amide bonds. The number of phenolic OH excluding ortho intramolecular Hbond substituents is 1. The standard InChI is InChI=1S/C34H43N7O11S2.C25H35N7O9S2.2CO2/c35-54(51,52)30-12-3-25(4-13-30)19-29(43)20-40(21-32(45)37-16-15-36-31(44)14-5-24-1-10-28(42)11-2-24)17-18-41(23-34(47)48)22-33(46)38-26-6-8-27(9-7-26)39-53(49)50;26-9-10-28-23(34)15-31(14-21(33)13-18-1-7-22(8-2-18)43(27,40)41)11-12-32(17-25(36)37)16-24(35)29-19-3-5-20(6-4-19)30-42(38)39;2*2-1-3/h1-4,6-13,39,42H,5,14-23H2,(H,36,44)(H,37,45)(H,38,46)(H,47,48)(H,49,50)(H2,35,51,52);1-8,30H,9-17,26H2,(H,28,34)(H,29,35)(H,36,37)(H,38,39)(H2,27,40,41);;/p-2. The van der Waals surface area contributed by atoms with Gasteiger partial charge in [-0.2, -0.15) is 19.2 Å². The number of rotatable bonds is 42. The molecule has 42 heteroatoms. The molecule has 0 radical (unpaired) electrons. The van der Waals surface area contributed by atoms with Crippen LogP contribution < -0.4 is 52.0 Å². The van der Waals surface area contributed by atoms with Crippen LogP contribution in [0.5, 0.6) is 5.75 Å². The van der Waals surface area contributed by atoms with Gasteiger partial charge in [0.05, 0.1) is 62.1 Å². The highest BCUT2D eigenvalue weighted by Crippen LogP contribution is 2.17. The van der Waals surface area contributed by atoms with E-state index in [0.717, 1.165) is 5.56 Å². The quantitative estimate of drug-likeness (QED) is 0.0133. The molecule has 0 aromatic heterocycles. The highest BCUT2D eigenvalue weighted by atomic mass is 32.2. The van der Waals surface area contributed by atoms with Gasteiger partial charge in [-0.3, -0.25) is 71.2 Å². The summed E-state index contributed by atoms with van der Waals surface area (Å²) < 4.78 is 93.5. The Bertz CT molecular complexity index is 3950. The Labute approximate surface area is 595 Å². The number of aryl methyl sites for hydroxylation is 1. The molecule has 2 atom stereocenters. The third-order valence-corrected chi connectivity index (χ3v) is 16.0. The molecule has 16 N–H and O–H groups in total. The van der Waals surface area contributed by atoms with Gasteiger partial charge in [-0.1, -0.05) is 36.4 Å². The molecule has 0 aliphatic rings. The molecule has 103 heavy (non-hydrogen) atoms. The zero-order chi connectivity index (χ0) is 77.1. The normalized spacial score (nSPS) is 11.4. The second kappa shape index (κ2) is 47.8. The summed E-state index contributed by atoms with van der Waals surface area (Å²) in [6.07, 6.45) is 0.974. The van der Waals surface area contributed by atoms with Gasteiger partial charge >= 0.3 is 24.2 Å². The number of nitrogens with one attached hydrogen (secondary N) is 7. The highest BCUT2D eigenvalue weighted by molar-refractivity contribution is 7.89. The molecular formula is C61H76N14O24S4-2. The van der Waals surface area contributed by atoms with Gasteiger partial charge in [-0.15, -0.1) is 0 Å². The number of ketones is 2. The first kappa shape index (κ1) is 88.8. The number of primary sulfonamides is 2. The summed E-state index contributed by atoms with van der Waals surface area (Å²) in [6.45, 7) is -1.99. The molecular weight excluding hydrogens is 1440 g/mol. The number of carbonyl (C=O) groups excluding carboxylic acids is 11. The van der Waals surface area contributed by atoms with Crippen LogP contribution in [-0.4, -0.2) is 239 Å². The molecule has 0 fully saturated rings. The maximum atomic E-state index is 13.1. The molecule has 0 spiro atoms. The van der Waals surface area contributed by atoms with Crippen LogP contribution in [0.1, 0.15) is 23.1 Å². The van der Waals surface area contributed by atoms with E-state index in [1.165, 1.54) is 129 Å². The second-order valence-electron chi connectivity index (χ2n) is 21.5. The van der Waals surface area contributed by atoms with Crippen molar-refractivity contribution in [1.82, 2.24) is 35.6 Å². The minimum absolute atomic E-state index is 0.00915. The lowest BCUT2D eigenvalue weighted by Crippen LogP contribution is -2.46. The Hall–Kier alpha value is -10.3. The number of phenols is 1. The summed E-state index contributed by atoms with van der Waals surface area (Å²) in [4.78, 5) is 150. The largest absolute Gasteiger partial charge is 0.755 e. The number of anilines is 4. The number of carboxylic acids is 2. The minimum atomic E-state index is -3.93. The lowest BCUT2D eigenvalue weighted by Gasteiger charge is -2.26. The SMILES string of the molecule is NCCNC(=O)CN(CCN(CC(=O)O)CC(=O)Nc1ccc(NS(=O)[O-])cc1)CC(=O)Cc1ccc(S(N)(=O)=O)cc1.NS(=O)(=O)c1ccc(CC(=O)CN(CCN(CC(=O)O)CC(=O)Nc2ccc(NS(=O)[O-])cc2)CC(=O)NCCNC(=O)CCc2ccc(O)cc2)cc1.O=C=O.O=C=O. The molecule has 5 rings (SSSR count). The van der Waals surface area contributed by atoms with Crippen molar-refractivity contribution in [3.05, 3.63) is 138 Å². The number of carbonyl (C=O) groups is 9. The average Bonchev–Trinajstić information content (AvgIpc) is 0.863. The van der Waals surface area contributed by atoms with E-state index in [4.69, 9.17) is 35.2 Å². The molecule has 5 aromatic carbocycles. The molecule has 0 aliphatic heterocycles. The number of sulfonamides is 2. The van der Waals surface area contributed by atoms with Crippen LogP contribution in [0.4, 0.5) is 22.7 Å². The van der Waals surface area contributed by atoms with E-state index < -0.39 is 91.2 Å². The number of aliphatic carboxylic acids is 2. The average molecular weight is 1520 g/mol. The van der Waals surface area contributed by atoms with Crippen molar-refractivity contribution in [2.24, 2.45) is 16.0 Å². The van der Waals surface area contributed by atoms with Crippen LogP contribution in [0, 0.1) is 0 Å². The Morgan fingerprint density at radius 3 is 1.05 bits per heavy atom. The number of aromatic hydroxyl groups is 1. The van der Waals surface area contributed by atoms with Crippen molar-refractivity contribution in [1.29, 1.82) is 0 Å². The van der Waals surface area contributed by atoms with Gasteiger partial charge in [-0.25, -0.2) is 27.1 Å². The molecule has 0 saturated heterocycles. The lowest BCUT2D eigenvalue weighted by molar-refractivity contribution is -0.193. The van der Waals surface area contributed by atoms with Gasteiger partial charge in [0, 0.05) is 117 Å². The number of hydrogen-bond acceptors (Lipinski definition) is 27. The van der Waals surface area contributed by atoms with Gasteiger partial charge < -0.3 is 66.2 Å². The van der Waals surface area contributed by atoms with Gasteiger partial charge in [0.2, 0.25) is 49.6 Å². The summed E-state index contributed by atoms with van der Waals surface area (Å²) in [7, 11) is -7.82. The molecule has 0 heterocycles. The lowest BCUT2D eigenvalue weighted by atomic mass is 10.1. The fourth-order valence-electron chi connectivity index (χ4n) is 8.85. The zero-order valence-corrected chi connectivity index (χ0v) is 58.0. The van der Waals surface area contributed by atoms with Crippen molar-refractivity contribution in [2.75, 3.05) is 125 Å². The van der Waals surface area contributed by atoms with E-state index in [1.807, 2.05) is 0 Å². The van der Waals surface area contributed by atoms with E-state index >= 15 is 0 Å². The smallest absolute Gasteiger partial charge is 0.373 e. The van der Waals surface area contributed by atoms with Crippen molar-refractivity contribution in [3.63, 3.8) is 0 Å². The van der Waals surface area contributed by atoms with E-state index in [1.54, 1.807) is 12.1 Å². The molecule has 0 saturated carbocycles. The number of hydrogen-bond donors (Lipinski definition) is 13. The fourth-order valence-corrected chi connectivity index (χ4v) is 10.5. The predicted molar refractivity (Wildman–Crippen MR) is 364 cm³/mol. The summed E-state index contributed by atoms with van der Waals surface area (Å²) in [5, 5.41) is 51.7. The zero-order valence-electron chi connectivity index (χ0n) is 54.8. The molecule has 38 nitrogen and oxygen atoms in total. The first-order valence-electron chi connectivity index (χ1n) is 30.0. The second-order valence-corrected chi connectivity index (χ2v) is 26.0. The van der Waals surface area contributed by atoms with Crippen LogP contribution in [0.25, 0.3) is 0 Å². The van der Waals surface area contributed by atoms with Gasteiger partial charge in [0.1, 0.15) is 5.75 Å². The number of nitrogens with zero attached hydrogens (tertiary/aromatic N) is 4. The fraction of sp³-hybridized carbons (Fsp3) is 0.328. The molecule has 560 valence electrons. The van der Waals surface area contributed by atoms with Crippen LogP contribution in [0.3, 0.4) is 0 Å². The summed E-state index contributed by atoms with van der Waals surface area (Å²) in [5.41, 5.74) is 8.54. The number of amides is 5. The van der Waals surface area contributed by atoms with Gasteiger partial charge in [0.25, 0.3) is 0 Å². The maximum absolute atomic E-state index is 13.1. The third-order valence-electron chi connectivity index (χ3n) is 13.3. The predicted octanol–water partition coefficient (Wildman–Crippen LogP) is -3.56. The number of carboxylic acid groups (broad SMARTS) is 2. The minimum Gasteiger partial charge on any atom is -0.755 e. The summed E-state index contributed by atoms with van der Waals surface area (Å²) >= 11 is -5.04. The van der Waals surface area contributed by atoms with Crippen molar-refractivity contribution >= 4 is 131 Å². The molecule has 2 unspecified atom stereocenters. The van der Waals surface area contributed by atoms with Crippen LogP contribution in [-0.2, 0) is 124 Å². The van der Waals surface area contributed by atoms with Gasteiger partial charge in [0.15, 0.2) is 11.6 Å². The Kier molecular flexibility index (Phi) is 41.2.